The molecule has 0 radical (unpaired) electrons. The molecule has 0 aromatic heterocycles. The first-order valence-electron chi connectivity index (χ1n) is 9.14. The van der Waals surface area contributed by atoms with Gasteiger partial charge >= 0.3 is 6.18 Å². The lowest BCUT2D eigenvalue weighted by Crippen LogP contribution is -2.30. The van der Waals surface area contributed by atoms with Gasteiger partial charge in [0, 0.05) is 30.4 Å². The Hall–Kier alpha value is -2.99. The molecule has 0 aliphatic heterocycles. The third-order valence-corrected chi connectivity index (χ3v) is 6.54. The van der Waals surface area contributed by atoms with Gasteiger partial charge in [0.25, 0.3) is 5.69 Å². The topological polar surface area (TPSA) is 110 Å². The second-order valence-corrected chi connectivity index (χ2v) is 8.32. The van der Waals surface area contributed by atoms with Gasteiger partial charge in [0.2, 0.25) is 10.0 Å². The van der Waals surface area contributed by atoms with Crippen molar-refractivity contribution in [2.24, 2.45) is 0 Å². The van der Waals surface area contributed by atoms with Gasteiger partial charge in [-0.3, -0.25) is 14.9 Å². The number of sulfonamides is 1. The molecule has 0 fully saturated rings. The van der Waals surface area contributed by atoms with E-state index in [9.17, 15) is 36.5 Å². The minimum absolute atomic E-state index is 0.0193. The number of benzene rings is 2. The number of hydrogen-bond donors (Lipinski definition) is 1. The monoisotopic (exact) mass is 459 g/mol. The fraction of sp³-hybridized carbons (Fsp3) is 0.316. The van der Waals surface area contributed by atoms with E-state index in [0.717, 1.165) is 6.07 Å². The first-order chi connectivity index (χ1) is 14.4. The van der Waals surface area contributed by atoms with Crippen molar-refractivity contribution in [3.05, 3.63) is 63.7 Å². The maximum absolute atomic E-state index is 13.0. The fourth-order valence-electron chi connectivity index (χ4n) is 2.84. The number of hydrogen-bond acceptors (Lipinski definition) is 6. The van der Waals surface area contributed by atoms with Gasteiger partial charge < -0.3 is 5.32 Å². The van der Waals surface area contributed by atoms with Crippen molar-refractivity contribution >= 4 is 27.2 Å². The first-order valence-corrected chi connectivity index (χ1v) is 10.6. The van der Waals surface area contributed by atoms with E-state index in [1.165, 1.54) is 28.6 Å². The molecule has 2 aromatic rings. The second-order valence-electron chi connectivity index (χ2n) is 6.38. The molecule has 31 heavy (non-hydrogen) atoms. The predicted octanol–water partition coefficient (Wildman–Crippen LogP) is 3.94. The summed E-state index contributed by atoms with van der Waals surface area (Å²) in [5.41, 5.74) is -2.48. The van der Waals surface area contributed by atoms with E-state index in [0.29, 0.717) is 25.2 Å². The van der Waals surface area contributed by atoms with Crippen molar-refractivity contribution in [2.45, 2.75) is 24.9 Å². The number of anilines is 1. The molecule has 2 aromatic carbocycles. The fourth-order valence-corrected chi connectivity index (χ4v) is 4.30. The Morgan fingerprint density at radius 2 is 1.68 bits per heavy atom. The number of nitrogens with zero attached hydrogens (tertiary/aromatic N) is 2. The number of Topliss-reactive ketones (excluding diaryl/α,β-unsaturated/α-hetero) is 1. The SMILES string of the molecule is CCN(CC)S(=O)(=O)c1ccc(C(=O)CNc2ccc([N+](=O)[O-])c(C(F)(F)F)c2)cc1. The molecular weight excluding hydrogens is 439 g/mol. The molecule has 0 unspecified atom stereocenters. The van der Waals surface area contributed by atoms with Crippen molar-refractivity contribution in [3.63, 3.8) is 0 Å². The van der Waals surface area contributed by atoms with Crippen LogP contribution in [0.4, 0.5) is 24.5 Å². The molecule has 168 valence electrons. The normalized spacial score (nSPS) is 12.1. The standard InChI is InChI=1S/C19H20F3N3O5S/c1-3-24(4-2)31(29,30)15-8-5-13(6-9-15)18(26)12-23-14-7-10-17(25(27)28)16(11-14)19(20,21)22/h5-11,23H,3-4,12H2,1-2H3. The van der Waals surface area contributed by atoms with E-state index in [-0.39, 0.29) is 16.1 Å². The van der Waals surface area contributed by atoms with Crippen molar-refractivity contribution in [2.75, 3.05) is 25.0 Å². The summed E-state index contributed by atoms with van der Waals surface area (Å²) < 4.78 is 65.3. The molecule has 0 bridgehead atoms. The number of ketones is 1. The lowest BCUT2D eigenvalue weighted by atomic mass is 10.1. The highest BCUT2D eigenvalue weighted by Gasteiger charge is 2.38. The van der Waals surface area contributed by atoms with Crippen molar-refractivity contribution in [1.82, 2.24) is 4.31 Å². The van der Waals surface area contributed by atoms with Gasteiger partial charge in [-0.25, -0.2) is 8.42 Å². The summed E-state index contributed by atoms with van der Waals surface area (Å²) in [5.74, 6) is -0.501. The van der Waals surface area contributed by atoms with Gasteiger partial charge in [-0.2, -0.15) is 17.5 Å². The summed E-state index contributed by atoms with van der Waals surface area (Å²) in [6.07, 6.45) is -4.93. The molecule has 0 saturated heterocycles. The molecular formula is C19H20F3N3O5S. The zero-order chi connectivity index (χ0) is 23.4. The molecule has 8 nitrogen and oxygen atoms in total. The highest BCUT2D eigenvalue weighted by Crippen LogP contribution is 2.37. The molecule has 0 saturated carbocycles. The third kappa shape index (κ3) is 5.58. The quantitative estimate of drug-likeness (QED) is 0.346. The largest absolute Gasteiger partial charge is 0.423 e. The Bertz CT molecular complexity index is 1070. The van der Waals surface area contributed by atoms with Crippen LogP contribution in [-0.2, 0) is 16.2 Å². The Labute approximate surface area is 176 Å². The van der Waals surface area contributed by atoms with E-state index in [2.05, 4.69) is 5.32 Å². The van der Waals surface area contributed by atoms with Crippen molar-refractivity contribution in [1.29, 1.82) is 0 Å². The van der Waals surface area contributed by atoms with Gasteiger partial charge in [0.15, 0.2) is 5.78 Å². The van der Waals surface area contributed by atoms with Crippen LogP contribution in [0.25, 0.3) is 0 Å². The maximum atomic E-state index is 13.0. The van der Waals surface area contributed by atoms with Gasteiger partial charge in [0.1, 0.15) is 5.56 Å². The molecule has 0 spiro atoms. The summed E-state index contributed by atoms with van der Waals surface area (Å²) >= 11 is 0. The number of nitrogens with one attached hydrogen (secondary N) is 1. The number of halogens is 3. The highest BCUT2D eigenvalue weighted by atomic mass is 32.2. The minimum atomic E-state index is -4.93. The molecule has 0 heterocycles. The minimum Gasteiger partial charge on any atom is -0.378 e. The predicted molar refractivity (Wildman–Crippen MR) is 107 cm³/mol. The lowest BCUT2D eigenvalue weighted by Gasteiger charge is -2.18. The van der Waals surface area contributed by atoms with Crippen molar-refractivity contribution < 1.29 is 31.3 Å². The average molecular weight is 459 g/mol. The zero-order valence-electron chi connectivity index (χ0n) is 16.6. The summed E-state index contributed by atoms with van der Waals surface area (Å²) in [7, 11) is -3.68. The Balaban J connectivity index is 2.16. The molecule has 12 heteroatoms. The Morgan fingerprint density at radius 1 is 1.10 bits per heavy atom. The van der Waals surface area contributed by atoms with Crippen LogP contribution >= 0.6 is 0 Å². The van der Waals surface area contributed by atoms with Crippen LogP contribution in [0.15, 0.2) is 47.4 Å². The Kier molecular flexibility index (Phi) is 7.39. The Morgan fingerprint density at radius 3 is 2.16 bits per heavy atom. The smallest absolute Gasteiger partial charge is 0.378 e. The third-order valence-electron chi connectivity index (χ3n) is 4.47. The first kappa shape index (κ1) is 24.3. The second kappa shape index (κ2) is 9.43. The molecule has 1 N–H and O–H groups in total. The maximum Gasteiger partial charge on any atom is 0.423 e. The number of alkyl halides is 3. The summed E-state index contributed by atoms with van der Waals surface area (Å²) in [4.78, 5) is 22.0. The molecule has 2 rings (SSSR count). The van der Waals surface area contributed by atoms with Crippen LogP contribution in [-0.4, -0.2) is 43.1 Å². The van der Waals surface area contributed by atoms with Crippen LogP contribution < -0.4 is 5.32 Å². The summed E-state index contributed by atoms with van der Waals surface area (Å²) in [6.45, 7) is 3.59. The van der Waals surface area contributed by atoms with E-state index < -0.39 is 44.7 Å². The molecule has 0 atom stereocenters. The van der Waals surface area contributed by atoms with Crippen LogP contribution in [0.3, 0.4) is 0 Å². The number of nitro benzene ring substituents is 1. The van der Waals surface area contributed by atoms with Crippen molar-refractivity contribution in [3.8, 4) is 0 Å². The highest BCUT2D eigenvalue weighted by molar-refractivity contribution is 7.89. The zero-order valence-corrected chi connectivity index (χ0v) is 17.5. The molecule has 0 aliphatic carbocycles. The van der Waals surface area contributed by atoms with Gasteiger partial charge in [0.05, 0.1) is 16.4 Å². The average Bonchev–Trinajstić information content (AvgIpc) is 2.71. The summed E-state index contributed by atoms with van der Waals surface area (Å²) in [6, 6.07) is 7.55. The van der Waals surface area contributed by atoms with E-state index in [1.807, 2.05) is 0 Å². The van der Waals surface area contributed by atoms with Crippen LogP contribution in [0.5, 0.6) is 0 Å². The van der Waals surface area contributed by atoms with Gasteiger partial charge in [-0.1, -0.05) is 13.8 Å². The molecule has 0 aliphatic rings. The van der Waals surface area contributed by atoms with Crippen LogP contribution in [0.2, 0.25) is 0 Å². The van der Waals surface area contributed by atoms with Gasteiger partial charge in [-0.05, 0) is 36.4 Å². The molecule has 0 amide bonds. The van der Waals surface area contributed by atoms with E-state index in [4.69, 9.17) is 0 Å². The lowest BCUT2D eigenvalue weighted by molar-refractivity contribution is -0.388. The number of rotatable bonds is 9. The number of carbonyl (C=O) groups excluding carboxylic acids is 1. The van der Waals surface area contributed by atoms with Crippen LogP contribution in [0.1, 0.15) is 29.8 Å². The van der Waals surface area contributed by atoms with Crippen LogP contribution in [0, 0.1) is 10.1 Å². The van der Waals surface area contributed by atoms with Gasteiger partial charge in [-0.15, -0.1) is 0 Å². The van der Waals surface area contributed by atoms with E-state index >= 15 is 0 Å². The number of nitro groups is 1. The van der Waals surface area contributed by atoms with E-state index in [1.54, 1.807) is 13.8 Å². The number of carbonyl (C=O) groups is 1. The summed E-state index contributed by atoms with van der Waals surface area (Å²) in [5, 5.41) is 13.3.